The summed E-state index contributed by atoms with van der Waals surface area (Å²) in [6.07, 6.45) is 1.21. The largest absolute Gasteiger partial charge is 0.481 e. The van der Waals surface area contributed by atoms with Crippen molar-refractivity contribution in [3.8, 4) is 0 Å². The average Bonchev–Trinajstić information content (AvgIpc) is 2.85. The van der Waals surface area contributed by atoms with Crippen LogP contribution in [0.15, 0.2) is 5.38 Å². The highest BCUT2D eigenvalue weighted by Crippen LogP contribution is 2.30. The van der Waals surface area contributed by atoms with Gasteiger partial charge in [-0.3, -0.25) is 14.4 Å². The molecule has 2 amide bonds. The van der Waals surface area contributed by atoms with Gasteiger partial charge in [-0.1, -0.05) is 0 Å². The molecule has 2 N–H and O–H groups in total. The van der Waals surface area contributed by atoms with Gasteiger partial charge in [0.1, 0.15) is 5.69 Å². The van der Waals surface area contributed by atoms with Crippen molar-refractivity contribution in [1.82, 2.24) is 9.88 Å². The molecule has 114 valence electrons. The van der Waals surface area contributed by atoms with E-state index in [-0.39, 0.29) is 24.1 Å². The van der Waals surface area contributed by atoms with E-state index in [4.69, 9.17) is 0 Å². The molecule has 0 bridgehead atoms. The molecule has 7 nitrogen and oxygen atoms in total. The molecule has 0 aromatic carbocycles. The fourth-order valence-electron chi connectivity index (χ4n) is 2.33. The molecule has 0 radical (unpaired) electrons. The van der Waals surface area contributed by atoms with Gasteiger partial charge in [0, 0.05) is 25.4 Å². The van der Waals surface area contributed by atoms with Crippen LogP contribution >= 0.6 is 11.3 Å². The lowest BCUT2D eigenvalue weighted by Crippen LogP contribution is -2.48. The van der Waals surface area contributed by atoms with Crippen LogP contribution in [-0.4, -0.2) is 45.9 Å². The number of carboxylic acid groups (broad SMARTS) is 1. The van der Waals surface area contributed by atoms with Gasteiger partial charge in [-0.05, 0) is 19.8 Å². The number of nitrogens with one attached hydrogen (secondary N) is 1. The van der Waals surface area contributed by atoms with Crippen molar-refractivity contribution in [1.29, 1.82) is 0 Å². The van der Waals surface area contributed by atoms with E-state index in [1.54, 1.807) is 12.3 Å². The third kappa shape index (κ3) is 3.38. The molecule has 21 heavy (non-hydrogen) atoms. The summed E-state index contributed by atoms with van der Waals surface area (Å²) < 4.78 is 0. The number of amides is 2. The van der Waals surface area contributed by atoms with Crippen LogP contribution < -0.4 is 5.32 Å². The van der Waals surface area contributed by atoms with Gasteiger partial charge >= 0.3 is 5.97 Å². The molecule has 8 heteroatoms. The topological polar surface area (TPSA) is 99.6 Å². The molecule has 0 spiro atoms. The number of carboxylic acids is 1. The van der Waals surface area contributed by atoms with Gasteiger partial charge in [-0.25, -0.2) is 4.98 Å². The van der Waals surface area contributed by atoms with E-state index in [0.29, 0.717) is 24.5 Å². The van der Waals surface area contributed by atoms with E-state index in [9.17, 15) is 19.5 Å². The number of piperidine rings is 1. The first-order valence-electron chi connectivity index (χ1n) is 6.57. The van der Waals surface area contributed by atoms with Crippen LogP contribution in [-0.2, 0) is 9.59 Å². The monoisotopic (exact) mass is 311 g/mol. The second kappa shape index (κ2) is 5.80. The molecular weight excluding hydrogens is 294 g/mol. The molecule has 2 heterocycles. The summed E-state index contributed by atoms with van der Waals surface area (Å²) in [6, 6.07) is 0. The predicted octanol–water partition coefficient (Wildman–Crippen LogP) is 1.43. The molecule has 1 aliphatic heterocycles. The molecule has 1 fully saturated rings. The molecule has 0 aliphatic carbocycles. The van der Waals surface area contributed by atoms with Crippen LogP contribution in [0.5, 0.6) is 0 Å². The number of carbonyl (C=O) groups excluding carboxylic acids is 2. The predicted molar refractivity (Wildman–Crippen MR) is 77.3 cm³/mol. The van der Waals surface area contributed by atoms with Gasteiger partial charge in [0.15, 0.2) is 5.13 Å². The maximum absolute atomic E-state index is 12.4. The second-order valence-corrected chi connectivity index (χ2v) is 6.27. The Kier molecular flexibility index (Phi) is 4.26. The minimum Gasteiger partial charge on any atom is -0.481 e. The highest BCUT2D eigenvalue weighted by molar-refractivity contribution is 7.14. The number of thiazole rings is 1. The van der Waals surface area contributed by atoms with Crippen LogP contribution in [0.3, 0.4) is 0 Å². The summed E-state index contributed by atoms with van der Waals surface area (Å²) >= 11 is 1.17. The van der Waals surface area contributed by atoms with E-state index >= 15 is 0 Å². The lowest BCUT2D eigenvalue weighted by molar-refractivity contribution is -0.150. The Bertz CT molecular complexity index is 586. The van der Waals surface area contributed by atoms with Crippen molar-refractivity contribution < 1.29 is 19.5 Å². The second-order valence-electron chi connectivity index (χ2n) is 5.42. The van der Waals surface area contributed by atoms with E-state index < -0.39 is 11.4 Å². The van der Waals surface area contributed by atoms with Gasteiger partial charge in [0.2, 0.25) is 5.91 Å². The number of nitrogens with zero attached hydrogens (tertiary/aromatic N) is 2. The quantitative estimate of drug-likeness (QED) is 0.879. The highest BCUT2D eigenvalue weighted by Gasteiger charge is 2.39. The van der Waals surface area contributed by atoms with E-state index in [0.717, 1.165) is 0 Å². The third-order valence-electron chi connectivity index (χ3n) is 3.51. The maximum atomic E-state index is 12.4. The first-order chi connectivity index (χ1) is 9.82. The summed E-state index contributed by atoms with van der Waals surface area (Å²) in [4.78, 5) is 40.2. The van der Waals surface area contributed by atoms with Crippen LogP contribution in [0.2, 0.25) is 0 Å². The first-order valence-corrected chi connectivity index (χ1v) is 7.45. The summed E-state index contributed by atoms with van der Waals surface area (Å²) in [6.45, 7) is 3.72. The highest BCUT2D eigenvalue weighted by atomic mass is 32.1. The smallest absolute Gasteiger partial charge is 0.311 e. The number of anilines is 1. The van der Waals surface area contributed by atoms with Gasteiger partial charge in [0.05, 0.1) is 5.41 Å². The Balaban J connectivity index is 2.10. The molecule has 1 atom stereocenters. The fourth-order valence-corrected chi connectivity index (χ4v) is 3.06. The zero-order valence-corrected chi connectivity index (χ0v) is 12.7. The van der Waals surface area contributed by atoms with Crippen molar-refractivity contribution >= 4 is 34.3 Å². The fraction of sp³-hybridized carbons (Fsp3) is 0.538. The minimum atomic E-state index is -0.912. The molecule has 0 saturated carbocycles. The van der Waals surface area contributed by atoms with E-state index in [2.05, 4.69) is 10.3 Å². The number of rotatable bonds is 3. The van der Waals surface area contributed by atoms with E-state index in [1.165, 1.54) is 23.2 Å². The Morgan fingerprint density at radius 3 is 2.81 bits per heavy atom. The van der Waals surface area contributed by atoms with Crippen molar-refractivity contribution in [2.45, 2.75) is 26.7 Å². The number of likely N-dealkylation sites (tertiary alicyclic amines) is 1. The van der Waals surface area contributed by atoms with Crippen molar-refractivity contribution in [2.75, 3.05) is 18.4 Å². The number of aliphatic carboxylic acids is 1. The number of aromatic nitrogens is 1. The van der Waals surface area contributed by atoms with Crippen LogP contribution in [0.25, 0.3) is 0 Å². The van der Waals surface area contributed by atoms with Crippen molar-refractivity contribution in [3.05, 3.63) is 11.1 Å². The van der Waals surface area contributed by atoms with Gasteiger partial charge < -0.3 is 15.3 Å². The molecule has 1 unspecified atom stereocenters. The Labute approximate surface area is 126 Å². The summed E-state index contributed by atoms with van der Waals surface area (Å²) in [5.74, 6) is -1.44. The minimum absolute atomic E-state index is 0.175. The van der Waals surface area contributed by atoms with Crippen LogP contribution in [0, 0.1) is 5.41 Å². The zero-order valence-electron chi connectivity index (χ0n) is 11.9. The van der Waals surface area contributed by atoms with Gasteiger partial charge in [-0.15, -0.1) is 11.3 Å². The normalized spacial score (nSPS) is 21.9. The lowest BCUT2D eigenvalue weighted by Gasteiger charge is -2.37. The summed E-state index contributed by atoms with van der Waals surface area (Å²) in [7, 11) is 0. The standard InChI is InChI=1S/C13H17N3O4S/c1-8(17)14-12-15-9(6-21-12)10(18)16-5-3-4-13(2,7-16)11(19)20/h6H,3-5,7H2,1-2H3,(H,19,20)(H,14,15,17). The Morgan fingerprint density at radius 1 is 1.48 bits per heavy atom. The third-order valence-corrected chi connectivity index (χ3v) is 4.26. The number of carbonyl (C=O) groups is 3. The number of hydrogen-bond acceptors (Lipinski definition) is 5. The SMILES string of the molecule is CC(=O)Nc1nc(C(=O)N2CCCC(C)(C(=O)O)C2)cs1. The van der Waals surface area contributed by atoms with Crippen molar-refractivity contribution in [2.24, 2.45) is 5.41 Å². The van der Waals surface area contributed by atoms with Gasteiger partial charge in [0.25, 0.3) is 5.91 Å². The van der Waals surface area contributed by atoms with Crippen LogP contribution in [0.4, 0.5) is 5.13 Å². The maximum Gasteiger partial charge on any atom is 0.311 e. The van der Waals surface area contributed by atoms with Gasteiger partial charge in [-0.2, -0.15) is 0 Å². The molecule has 1 aliphatic rings. The molecular formula is C13H17N3O4S. The summed E-state index contributed by atoms with van der Waals surface area (Å²) in [5, 5.41) is 13.7. The molecule has 1 aromatic rings. The first kappa shape index (κ1) is 15.4. The van der Waals surface area contributed by atoms with Crippen molar-refractivity contribution in [3.63, 3.8) is 0 Å². The van der Waals surface area contributed by atoms with Crippen LogP contribution in [0.1, 0.15) is 37.2 Å². The Morgan fingerprint density at radius 2 is 2.19 bits per heavy atom. The number of hydrogen-bond donors (Lipinski definition) is 2. The van der Waals surface area contributed by atoms with E-state index in [1.807, 2.05) is 0 Å². The average molecular weight is 311 g/mol. The zero-order chi connectivity index (χ0) is 15.6. The Hall–Kier alpha value is -1.96. The molecule has 1 aromatic heterocycles. The lowest BCUT2D eigenvalue weighted by atomic mass is 9.82. The molecule has 2 rings (SSSR count). The molecule has 1 saturated heterocycles. The summed E-state index contributed by atoms with van der Waals surface area (Å²) in [5.41, 5.74) is -0.678.